The van der Waals surface area contributed by atoms with Crippen molar-refractivity contribution in [1.29, 1.82) is 0 Å². The second-order valence-electron chi connectivity index (χ2n) is 5.75. The molecule has 6 nitrogen and oxygen atoms in total. The molecule has 0 aromatic rings. The number of likely N-dealkylation sites (tertiary alicyclic amines) is 1. The van der Waals surface area contributed by atoms with Crippen LogP contribution in [0.25, 0.3) is 0 Å². The molecule has 3 N–H and O–H groups in total. The van der Waals surface area contributed by atoms with Crippen molar-refractivity contribution in [2.45, 2.75) is 57.1 Å². The Morgan fingerprint density at radius 3 is 2.50 bits per heavy atom. The van der Waals surface area contributed by atoms with Crippen LogP contribution >= 0.6 is 0 Å². The Kier molecular flexibility index (Phi) is 4.86. The average Bonchev–Trinajstić information content (AvgIpc) is 2.47. The summed E-state index contributed by atoms with van der Waals surface area (Å²) >= 11 is 0. The predicted molar refractivity (Wildman–Crippen MR) is 73.0 cm³/mol. The number of ether oxygens (including phenoxy) is 1. The number of nitrogens with two attached hydrogens (primary N) is 1. The van der Waals surface area contributed by atoms with Crippen LogP contribution in [0.4, 0.5) is 4.79 Å². The maximum atomic E-state index is 12.1. The topological polar surface area (TPSA) is 92.9 Å². The minimum Gasteiger partial charge on any atom is -0.450 e. The molecule has 0 bridgehead atoms. The van der Waals surface area contributed by atoms with Crippen molar-refractivity contribution < 1.29 is 19.4 Å². The lowest BCUT2D eigenvalue weighted by Gasteiger charge is -2.50. The molecule has 20 heavy (non-hydrogen) atoms. The van der Waals surface area contributed by atoms with Crippen molar-refractivity contribution in [3.8, 4) is 0 Å². The van der Waals surface area contributed by atoms with Gasteiger partial charge in [-0.1, -0.05) is 19.3 Å². The third-order valence-electron chi connectivity index (χ3n) is 4.61. The van der Waals surface area contributed by atoms with Crippen molar-refractivity contribution in [2.24, 2.45) is 11.7 Å². The van der Waals surface area contributed by atoms with Gasteiger partial charge in [-0.15, -0.1) is 0 Å². The Morgan fingerprint density at radius 2 is 1.90 bits per heavy atom. The zero-order chi connectivity index (χ0) is 14.6. The van der Waals surface area contributed by atoms with Gasteiger partial charge in [-0.25, -0.2) is 4.79 Å². The van der Waals surface area contributed by atoms with E-state index in [0.29, 0.717) is 13.0 Å². The molecule has 0 aromatic carbocycles. The van der Waals surface area contributed by atoms with Gasteiger partial charge in [0, 0.05) is 18.9 Å². The minimum absolute atomic E-state index is 0.0998. The van der Waals surface area contributed by atoms with E-state index in [1.54, 1.807) is 4.90 Å². The molecule has 0 radical (unpaired) electrons. The van der Waals surface area contributed by atoms with E-state index in [-0.39, 0.29) is 18.4 Å². The number of carbonyl (C=O) groups is 2. The van der Waals surface area contributed by atoms with Gasteiger partial charge in [0.25, 0.3) is 0 Å². The fraction of sp³-hybridized carbons (Fsp3) is 0.857. The molecular weight excluding hydrogens is 260 g/mol. The summed E-state index contributed by atoms with van der Waals surface area (Å²) in [6.07, 6.45) is 6.21. The summed E-state index contributed by atoms with van der Waals surface area (Å²) in [6, 6.07) is 0. The van der Waals surface area contributed by atoms with Crippen LogP contribution in [0.15, 0.2) is 0 Å². The van der Waals surface area contributed by atoms with Gasteiger partial charge in [-0.2, -0.15) is 0 Å². The summed E-state index contributed by atoms with van der Waals surface area (Å²) in [4.78, 5) is 24.9. The number of amides is 1. The average molecular weight is 284 g/mol. The highest BCUT2D eigenvalue weighted by atomic mass is 16.7. The van der Waals surface area contributed by atoms with Crippen LogP contribution < -0.4 is 5.73 Å². The van der Waals surface area contributed by atoms with E-state index in [0.717, 1.165) is 38.5 Å². The minimum atomic E-state index is -1.30. The third kappa shape index (κ3) is 2.90. The highest BCUT2D eigenvalue weighted by Gasteiger charge is 2.50. The van der Waals surface area contributed by atoms with Crippen molar-refractivity contribution in [2.75, 3.05) is 13.1 Å². The van der Waals surface area contributed by atoms with Gasteiger partial charge in [0.1, 0.15) is 0 Å². The van der Waals surface area contributed by atoms with Crippen molar-refractivity contribution in [1.82, 2.24) is 4.90 Å². The fourth-order valence-electron chi connectivity index (χ4n) is 3.74. The van der Waals surface area contributed by atoms with Gasteiger partial charge in [0.2, 0.25) is 5.91 Å². The standard InChI is InChI=1S/C14H24N2O4/c15-10-12(17)16-9-5-4-8-14(16,20-13(18)19)11-6-2-1-3-7-11/h11H,1-10,15H2,(H,18,19). The molecule has 1 atom stereocenters. The molecule has 0 spiro atoms. The maximum absolute atomic E-state index is 12.1. The van der Waals surface area contributed by atoms with E-state index in [2.05, 4.69) is 0 Å². The van der Waals surface area contributed by atoms with Crippen LogP contribution in [-0.4, -0.2) is 40.9 Å². The fourth-order valence-corrected chi connectivity index (χ4v) is 3.74. The molecule has 1 saturated carbocycles. The van der Waals surface area contributed by atoms with Crippen molar-refractivity contribution >= 4 is 12.1 Å². The molecular formula is C14H24N2O4. The number of carboxylic acid groups (broad SMARTS) is 1. The van der Waals surface area contributed by atoms with Crippen LogP contribution in [0.5, 0.6) is 0 Å². The second-order valence-corrected chi connectivity index (χ2v) is 5.75. The molecule has 2 fully saturated rings. The number of hydrogen-bond acceptors (Lipinski definition) is 4. The van der Waals surface area contributed by atoms with E-state index in [1.165, 1.54) is 6.42 Å². The first-order chi connectivity index (χ1) is 9.60. The summed E-state index contributed by atoms with van der Waals surface area (Å²) in [5.41, 5.74) is 4.50. The van der Waals surface area contributed by atoms with Gasteiger partial charge in [0.05, 0.1) is 6.54 Å². The predicted octanol–water partition coefficient (Wildman–Crippen LogP) is 1.93. The number of hydrogen-bond donors (Lipinski definition) is 2. The monoisotopic (exact) mass is 284 g/mol. The highest BCUT2D eigenvalue weighted by molar-refractivity contribution is 5.79. The molecule has 1 heterocycles. The van der Waals surface area contributed by atoms with Crippen LogP contribution in [0, 0.1) is 5.92 Å². The molecule has 2 aliphatic rings. The van der Waals surface area contributed by atoms with E-state index in [4.69, 9.17) is 15.6 Å². The summed E-state index contributed by atoms with van der Waals surface area (Å²) in [5, 5.41) is 9.14. The molecule has 1 saturated heterocycles. The number of carbonyl (C=O) groups excluding carboxylic acids is 1. The normalized spacial score (nSPS) is 28.1. The third-order valence-corrected chi connectivity index (χ3v) is 4.61. The van der Waals surface area contributed by atoms with Gasteiger partial charge >= 0.3 is 6.16 Å². The molecule has 1 aliphatic carbocycles. The van der Waals surface area contributed by atoms with E-state index < -0.39 is 11.9 Å². The SMILES string of the molecule is NCC(=O)N1CCCCC1(OC(=O)O)C1CCCCC1. The van der Waals surface area contributed by atoms with E-state index >= 15 is 0 Å². The van der Waals surface area contributed by atoms with E-state index in [1.807, 2.05) is 0 Å². The molecule has 114 valence electrons. The molecule has 6 heteroatoms. The first kappa shape index (κ1) is 15.1. The largest absolute Gasteiger partial charge is 0.507 e. The zero-order valence-electron chi connectivity index (χ0n) is 11.8. The molecule has 0 aromatic heterocycles. The number of nitrogens with zero attached hydrogens (tertiary/aromatic N) is 1. The molecule has 1 aliphatic heterocycles. The number of rotatable bonds is 3. The maximum Gasteiger partial charge on any atom is 0.507 e. The van der Waals surface area contributed by atoms with Crippen LogP contribution in [0.2, 0.25) is 0 Å². The van der Waals surface area contributed by atoms with E-state index in [9.17, 15) is 9.59 Å². The van der Waals surface area contributed by atoms with Crippen molar-refractivity contribution in [3.63, 3.8) is 0 Å². The first-order valence-electron chi connectivity index (χ1n) is 7.52. The Bertz CT molecular complexity index is 368. The Balaban J connectivity index is 2.30. The lowest BCUT2D eigenvalue weighted by atomic mass is 9.76. The first-order valence-corrected chi connectivity index (χ1v) is 7.52. The molecule has 1 unspecified atom stereocenters. The van der Waals surface area contributed by atoms with Gasteiger partial charge in [-0.3, -0.25) is 4.79 Å². The molecule has 1 amide bonds. The Hall–Kier alpha value is -1.30. The quantitative estimate of drug-likeness (QED) is 0.772. The summed E-state index contributed by atoms with van der Waals surface area (Å²) in [6.45, 7) is 0.442. The highest BCUT2D eigenvalue weighted by Crippen LogP contribution is 2.43. The Labute approximate surface area is 119 Å². The summed E-state index contributed by atoms with van der Waals surface area (Å²) in [5.74, 6) is -0.111. The zero-order valence-corrected chi connectivity index (χ0v) is 11.8. The van der Waals surface area contributed by atoms with Crippen LogP contribution in [0.1, 0.15) is 51.4 Å². The Morgan fingerprint density at radius 1 is 1.20 bits per heavy atom. The van der Waals surface area contributed by atoms with Gasteiger partial charge in [0.15, 0.2) is 5.72 Å². The number of piperidine rings is 1. The summed E-state index contributed by atoms with van der Waals surface area (Å²) < 4.78 is 5.32. The van der Waals surface area contributed by atoms with Gasteiger partial charge < -0.3 is 20.5 Å². The lowest BCUT2D eigenvalue weighted by molar-refractivity contribution is -0.194. The second kappa shape index (κ2) is 6.43. The van der Waals surface area contributed by atoms with Gasteiger partial charge in [-0.05, 0) is 25.7 Å². The van der Waals surface area contributed by atoms with Crippen molar-refractivity contribution in [3.05, 3.63) is 0 Å². The molecule has 2 rings (SSSR count). The smallest absolute Gasteiger partial charge is 0.450 e. The summed E-state index contributed by atoms with van der Waals surface area (Å²) in [7, 11) is 0. The lowest BCUT2D eigenvalue weighted by Crippen LogP contribution is -2.62. The van der Waals surface area contributed by atoms with Crippen LogP contribution in [0.3, 0.4) is 0 Å². The van der Waals surface area contributed by atoms with Crippen LogP contribution in [-0.2, 0) is 9.53 Å².